The van der Waals surface area contributed by atoms with Gasteiger partial charge in [-0.1, -0.05) is 68.5 Å². The van der Waals surface area contributed by atoms with E-state index in [1.165, 1.54) is 12.1 Å². The molecule has 42 heavy (non-hydrogen) atoms. The largest absolute Gasteiger partial charge is 0.367 e. The first-order valence-electron chi connectivity index (χ1n) is 15.0. The molecule has 0 bridgehead atoms. The van der Waals surface area contributed by atoms with Crippen LogP contribution in [-0.2, 0) is 26.0 Å². The molecule has 0 saturated carbocycles. The lowest BCUT2D eigenvalue weighted by Gasteiger charge is -2.48. The van der Waals surface area contributed by atoms with Gasteiger partial charge in [-0.15, -0.1) is 0 Å². The molecule has 224 valence electrons. The van der Waals surface area contributed by atoms with Crippen LogP contribution in [0.5, 0.6) is 0 Å². The zero-order valence-electron chi connectivity index (χ0n) is 24.5. The molecular formula is C33H40FN3O4S. The van der Waals surface area contributed by atoms with Crippen LogP contribution < -0.4 is 5.32 Å². The number of fused-ring (bicyclic) bond motifs is 2. The molecule has 5 atom stereocenters. The highest BCUT2D eigenvalue weighted by molar-refractivity contribution is 7.90. The number of piperazine rings is 1. The van der Waals surface area contributed by atoms with Crippen LogP contribution in [0.1, 0.15) is 56.3 Å². The van der Waals surface area contributed by atoms with Gasteiger partial charge in [0, 0.05) is 38.1 Å². The lowest BCUT2D eigenvalue weighted by atomic mass is 9.87. The number of nitrogens with zero attached hydrogens (tertiary/aromatic N) is 2. The summed E-state index contributed by atoms with van der Waals surface area (Å²) in [4.78, 5) is 16.1. The second-order valence-corrected chi connectivity index (χ2v) is 14.8. The minimum Gasteiger partial charge on any atom is -0.367 e. The number of rotatable bonds is 5. The van der Waals surface area contributed by atoms with E-state index in [-0.39, 0.29) is 36.8 Å². The minimum atomic E-state index is -3.73. The Bertz CT molecular complexity index is 1510. The Hall–Kier alpha value is -2.85. The molecule has 3 aliphatic heterocycles. The average molecular weight is 594 g/mol. The third kappa shape index (κ3) is 5.14. The Labute approximate surface area is 248 Å². The van der Waals surface area contributed by atoms with Crippen LogP contribution in [0, 0.1) is 11.7 Å². The zero-order valence-corrected chi connectivity index (χ0v) is 25.3. The van der Waals surface area contributed by atoms with Gasteiger partial charge in [-0.2, -0.15) is 4.31 Å². The van der Waals surface area contributed by atoms with Crippen molar-refractivity contribution in [2.45, 2.75) is 69.0 Å². The summed E-state index contributed by atoms with van der Waals surface area (Å²) in [6, 6.07) is 13.4. The van der Waals surface area contributed by atoms with Gasteiger partial charge in [-0.05, 0) is 60.1 Å². The average Bonchev–Trinajstić information content (AvgIpc) is 3.00. The molecule has 9 heteroatoms. The highest BCUT2D eigenvalue weighted by Crippen LogP contribution is 2.39. The summed E-state index contributed by atoms with van der Waals surface area (Å²) in [5, 5.41) is 3.43. The van der Waals surface area contributed by atoms with Crippen LogP contribution in [0.15, 0.2) is 72.3 Å². The molecule has 6 rings (SSSR count). The molecule has 1 unspecified atom stereocenters. The van der Waals surface area contributed by atoms with Crippen molar-refractivity contribution >= 4 is 15.9 Å². The van der Waals surface area contributed by atoms with Gasteiger partial charge in [0.2, 0.25) is 10.0 Å². The zero-order chi connectivity index (χ0) is 29.6. The lowest BCUT2D eigenvalue weighted by molar-refractivity contribution is -0.152. The highest BCUT2D eigenvalue weighted by Gasteiger charge is 2.50. The van der Waals surface area contributed by atoms with Gasteiger partial charge in [0.05, 0.1) is 12.6 Å². The van der Waals surface area contributed by atoms with E-state index in [1.54, 1.807) is 23.4 Å². The smallest absolute Gasteiger partial charge is 0.252 e. The molecule has 0 spiro atoms. The fourth-order valence-electron chi connectivity index (χ4n) is 6.90. The highest BCUT2D eigenvalue weighted by atomic mass is 32.2. The fourth-order valence-corrected chi connectivity index (χ4v) is 8.89. The maximum atomic E-state index is 14.2. The van der Waals surface area contributed by atoms with Gasteiger partial charge in [0.1, 0.15) is 16.7 Å². The number of nitrogens with one attached hydrogen (secondary N) is 1. The first kappa shape index (κ1) is 29.2. The Balaban J connectivity index is 1.27. The fraction of sp³-hybridized carbons (Fsp3) is 0.485. The van der Waals surface area contributed by atoms with Crippen molar-refractivity contribution in [1.29, 1.82) is 0 Å². The predicted molar refractivity (Wildman–Crippen MR) is 161 cm³/mol. The van der Waals surface area contributed by atoms with E-state index in [0.29, 0.717) is 38.4 Å². The standard InChI is InChI=1S/C33H40FN3O4S/c1-22(2)23-12-15-33(3,16-13-23)42(39,40)37-19-17-35-28-21-41-30(20-29(28)37)32(38)36-18-14-24-6-4-5-7-27(24)31(36)25-8-10-26(34)11-9-25/h4-13,15,22,28-31,35H,14,16-21H2,1-3H3/t28-,29-,30+,31-,33?/m0/s1. The summed E-state index contributed by atoms with van der Waals surface area (Å²) in [5.74, 6) is -0.154. The third-order valence-electron chi connectivity index (χ3n) is 9.47. The number of halogens is 1. The monoisotopic (exact) mass is 593 g/mol. The lowest BCUT2D eigenvalue weighted by Crippen LogP contribution is -2.67. The summed E-state index contributed by atoms with van der Waals surface area (Å²) in [6.45, 7) is 7.64. The molecule has 3 heterocycles. The minimum absolute atomic E-state index is 0.159. The SMILES string of the molecule is CC(C)C1=CCC(C)(S(=O)(=O)N2CCN[C@H]3CO[C@@H](C(=O)N4CCc5ccccc5[C@@H]4c4ccc(F)cc4)C[C@@H]32)C=C1. The number of carbonyl (C=O) groups is 1. The molecule has 1 aliphatic carbocycles. The van der Waals surface area contributed by atoms with Gasteiger partial charge < -0.3 is 15.0 Å². The van der Waals surface area contributed by atoms with Crippen molar-refractivity contribution < 1.29 is 22.3 Å². The Kier molecular flexibility index (Phi) is 7.89. The van der Waals surface area contributed by atoms with Crippen molar-refractivity contribution in [2.24, 2.45) is 5.92 Å². The topological polar surface area (TPSA) is 79.0 Å². The molecular weight excluding hydrogens is 553 g/mol. The van der Waals surface area contributed by atoms with Crippen LogP contribution in [0.2, 0.25) is 0 Å². The molecule has 4 aliphatic rings. The van der Waals surface area contributed by atoms with Crippen molar-refractivity contribution in [3.63, 3.8) is 0 Å². The predicted octanol–water partition coefficient (Wildman–Crippen LogP) is 4.36. The number of sulfonamides is 1. The molecule has 1 N–H and O–H groups in total. The van der Waals surface area contributed by atoms with E-state index in [0.717, 1.165) is 22.3 Å². The Morgan fingerprint density at radius 2 is 1.88 bits per heavy atom. The summed E-state index contributed by atoms with van der Waals surface area (Å²) in [5.41, 5.74) is 4.17. The van der Waals surface area contributed by atoms with E-state index < -0.39 is 26.9 Å². The van der Waals surface area contributed by atoms with Crippen molar-refractivity contribution in [3.05, 3.63) is 94.8 Å². The number of amides is 1. The maximum Gasteiger partial charge on any atom is 0.252 e. The van der Waals surface area contributed by atoms with Crippen LogP contribution in [-0.4, -0.2) is 72.7 Å². The van der Waals surface area contributed by atoms with Gasteiger partial charge in [0.25, 0.3) is 5.91 Å². The number of ether oxygens (including phenoxy) is 1. The van der Waals surface area contributed by atoms with Crippen molar-refractivity contribution in [1.82, 2.24) is 14.5 Å². The molecule has 7 nitrogen and oxygen atoms in total. The van der Waals surface area contributed by atoms with E-state index in [2.05, 4.69) is 25.2 Å². The quantitative estimate of drug-likeness (QED) is 0.558. The van der Waals surface area contributed by atoms with Crippen LogP contribution >= 0.6 is 0 Å². The van der Waals surface area contributed by atoms with Crippen LogP contribution in [0.25, 0.3) is 0 Å². The van der Waals surface area contributed by atoms with Crippen molar-refractivity contribution in [2.75, 3.05) is 26.2 Å². The van der Waals surface area contributed by atoms with Gasteiger partial charge in [-0.25, -0.2) is 12.8 Å². The number of hydrogen-bond donors (Lipinski definition) is 1. The second-order valence-electron chi connectivity index (χ2n) is 12.4. The first-order chi connectivity index (χ1) is 20.1. The number of carbonyl (C=O) groups excluding carboxylic acids is 1. The first-order valence-corrected chi connectivity index (χ1v) is 16.4. The van der Waals surface area contributed by atoms with E-state index in [1.807, 2.05) is 41.3 Å². The van der Waals surface area contributed by atoms with Crippen LogP contribution in [0.4, 0.5) is 4.39 Å². The van der Waals surface area contributed by atoms with Crippen LogP contribution in [0.3, 0.4) is 0 Å². The van der Waals surface area contributed by atoms with Gasteiger partial charge in [0.15, 0.2) is 0 Å². The molecule has 0 radical (unpaired) electrons. The summed E-state index contributed by atoms with van der Waals surface area (Å²) in [7, 11) is -3.73. The number of allylic oxidation sites excluding steroid dienone is 3. The van der Waals surface area contributed by atoms with Gasteiger partial charge >= 0.3 is 0 Å². The summed E-state index contributed by atoms with van der Waals surface area (Å²) in [6.07, 6.45) is 6.46. The Morgan fingerprint density at radius 3 is 2.60 bits per heavy atom. The van der Waals surface area contributed by atoms with E-state index in [9.17, 15) is 17.6 Å². The van der Waals surface area contributed by atoms with Crippen molar-refractivity contribution in [3.8, 4) is 0 Å². The normalized spacial score (nSPS) is 30.0. The summed E-state index contributed by atoms with van der Waals surface area (Å²) >= 11 is 0. The molecule has 2 aromatic carbocycles. The van der Waals surface area contributed by atoms with E-state index >= 15 is 0 Å². The third-order valence-corrected chi connectivity index (χ3v) is 12.0. The van der Waals surface area contributed by atoms with E-state index in [4.69, 9.17) is 4.74 Å². The Morgan fingerprint density at radius 1 is 1.12 bits per heavy atom. The molecule has 0 aromatic heterocycles. The molecule has 2 aromatic rings. The molecule has 2 fully saturated rings. The van der Waals surface area contributed by atoms with Gasteiger partial charge in [-0.3, -0.25) is 4.79 Å². The number of hydrogen-bond acceptors (Lipinski definition) is 5. The number of benzene rings is 2. The summed E-state index contributed by atoms with van der Waals surface area (Å²) < 4.78 is 49.0. The second kappa shape index (κ2) is 11.3. The molecule has 1 amide bonds. The molecule has 2 saturated heterocycles. The maximum absolute atomic E-state index is 14.2.